The molecule has 0 spiro atoms. The molecule has 0 fully saturated rings. The molecule has 0 N–H and O–H groups in total. The maximum absolute atomic E-state index is 3.19. The first kappa shape index (κ1) is 17.0. The Morgan fingerprint density at radius 3 is 1.90 bits per heavy atom. The van der Waals surface area contributed by atoms with Gasteiger partial charge in [-0.3, -0.25) is 6.08 Å². The van der Waals surface area contributed by atoms with Crippen molar-refractivity contribution < 1.29 is 46.5 Å². The van der Waals surface area contributed by atoms with Gasteiger partial charge in [0.2, 0.25) is 0 Å². The van der Waals surface area contributed by atoms with E-state index in [-0.39, 0.29) is 46.5 Å². The van der Waals surface area contributed by atoms with Crippen molar-refractivity contribution in [1.29, 1.82) is 0 Å². The number of halogens is 2. The molecule has 0 aromatic heterocycles. The van der Waals surface area contributed by atoms with E-state index in [1.807, 2.05) is 0 Å². The smallest absolute Gasteiger partial charge is 1.00 e. The van der Waals surface area contributed by atoms with Crippen LogP contribution in [0.3, 0.4) is 0 Å². The predicted molar refractivity (Wildman–Crippen MR) is 30.8 cm³/mol. The van der Waals surface area contributed by atoms with E-state index in [1.54, 1.807) is 0 Å². The second-order valence-corrected chi connectivity index (χ2v) is 2.00. The fourth-order valence-electron chi connectivity index (χ4n) is 0.745. The Morgan fingerprint density at radius 2 is 1.80 bits per heavy atom. The van der Waals surface area contributed by atoms with Crippen molar-refractivity contribution in [1.82, 2.24) is 0 Å². The van der Waals surface area contributed by atoms with Crippen LogP contribution in [0.15, 0.2) is 17.2 Å². The van der Waals surface area contributed by atoms with Crippen LogP contribution >= 0.6 is 0 Å². The summed E-state index contributed by atoms with van der Waals surface area (Å²) in [6.45, 7) is 4.18. The van der Waals surface area contributed by atoms with E-state index >= 15 is 0 Å². The molecule has 0 atom stereocenters. The standard InChI is InChI=1S/C7H9.2ClH.Ti/c1-6-3-4-7(2)5-6;;;/h3H,4H2,1-2H3;2*1H;/q-1;;;+3/p-2. The average molecular weight is 212 g/mol. The van der Waals surface area contributed by atoms with Crippen LogP contribution in [0.4, 0.5) is 0 Å². The van der Waals surface area contributed by atoms with Gasteiger partial charge in [0, 0.05) is 0 Å². The molecule has 0 saturated heterocycles. The van der Waals surface area contributed by atoms with Gasteiger partial charge >= 0.3 is 21.7 Å². The van der Waals surface area contributed by atoms with Crippen molar-refractivity contribution in [3.63, 3.8) is 0 Å². The van der Waals surface area contributed by atoms with Crippen LogP contribution < -0.4 is 24.8 Å². The van der Waals surface area contributed by atoms with Crippen molar-refractivity contribution >= 4 is 0 Å². The summed E-state index contributed by atoms with van der Waals surface area (Å²) < 4.78 is 0. The summed E-state index contributed by atoms with van der Waals surface area (Å²) >= 11 is 0. The molecule has 0 amide bonds. The summed E-state index contributed by atoms with van der Waals surface area (Å²) in [5.74, 6) is 0. The Hall–Kier alpha value is 0.774. The van der Waals surface area contributed by atoms with Crippen LogP contribution in [0.25, 0.3) is 0 Å². The van der Waals surface area contributed by atoms with Gasteiger partial charge in [0.05, 0.1) is 0 Å². The molecule has 0 aliphatic heterocycles. The second-order valence-electron chi connectivity index (χ2n) is 2.00. The molecule has 0 unspecified atom stereocenters. The van der Waals surface area contributed by atoms with Gasteiger partial charge in [-0.15, -0.1) is 0 Å². The summed E-state index contributed by atoms with van der Waals surface area (Å²) in [4.78, 5) is 0. The Bertz CT molecular complexity index is 139. The summed E-state index contributed by atoms with van der Waals surface area (Å²) in [6, 6.07) is 0. The molecule has 1 aliphatic carbocycles. The van der Waals surface area contributed by atoms with E-state index < -0.39 is 0 Å². The Kier molecular flexibility index (Phi) is 13.4. The van der Waals surface area contributed by atoms with E-state index in [9.17, 15) is 0 Å². The fourth-order valence-corrected chi connectivity index (χ4v) is 0.745. The first-order valence-electron chi connectivity index (χ1n) is 2.55. The molecular weight excluding hydrogens is 203 g/mol. The van der Waals surface area contributed by atoms with Crippen LogP contribution in [0.5, 0.6) is 0 Å². The predicted octanol–water partition coefficient (Wildman–Crippen LogP) is -3.91. The van der Waals surface area contributed by atoms with Crippen molar-refractivity contribution in [2.24, 2.45) is 0 Å². The molecule has 0 nitrogen and oxygen atoms in total. The maximum atomic E-state index is 3.19. The van der Waals surface area contributed by atoms with Crippen molar-refractivity contribution in [2.45, 2.75) is 20.3 Å². The zero-order chi connectivity index (χ0) is 5.28. The van der Waals surface area contributed by atoms with Gasteiger partial charge in [-0.1, -0.05) is 20.3 Å². The van der Waals surface area contributed by atoms with Gasteiger partial charge in [0.15, 0.2) is 0 Å². The number of hydrogen-bond donors (Lipinski definition) is 0. The van der Waals surface area contributed by atoms with Gasteiger partial charge in [0.25, 0.3) is 0 Å². The summed E-state index contributed by atoms with van der Waals surface area (Å²) in [7, 11) is 0. The molecule has 55 valence electrons. The monoisotopic (exact) mass is 211 g/mol. The van der Waals surface area contributed by atoms with E-state index in [0.29, 0.717) is 0 Å². The van der Waals surface area contributed by atoms with Gasteiger partial charge < -0.3 is 24.8 Å². The molecule has 0 bridgehead atoms. The minimum Gasteiger partial charge on any atom is -1.00 e. The topological polar surface area (TPSA) is 0 Å². The zero-order valence-electron chi connectivity index (χ0n) is 6.04. The molecule has 1 aliphatic rings. The average Bonchev–Trinajstić information content (AvgIpc) is 1.87. The molecule has 0 aromatic carbocycles. The van der Waals surface area contributed by atoms with E-state index in [1.165, 1.54) is 11.1 Å². The molecule has 0 heterocycles. The Balaban J connectivity index is -0.000000163. The summed E-state index contributed by atoms with van der Waals surface area (Å²) in [5, 5.41) is 0. The first-order valence-corrected chi connectivity index (χ1v) is 2.55. The number of allylic oxidation sites excluding steroid dienone is 4. The maximum Gasteiger partial charge on any atom is 3.00 e. The van der Waals surface area contributed by atoms with Crippen LogP contribution in [0.2, 0.25) is 0 Å². The molecular formula is C7H9Cl2Ti. The largest absolute Gasteiger partial charge is 3.00 e. The number of hydrogen-bond acceptors (Lipinski definition) is 0. The van der Waals surface area contributed by atoms with E-state index in [4.69, 9.17) is 0 Å². The van der Waals surface area contributed by atoms with Gasteiger partial charge in [-0.05, 0) is 0 Å². The van der Waals surface area contributed by atoms with Crippen LogP contribution in [0, 0.1) is 6.08 Å². The quantitative estimate of drug-likeness (QED) is 0.284. The zero-order valence-corrected chi connectivity index (χ0v) is 9.11. The fraction of sp³-hybridized carbons (Fsp3) is 0.429. The summed E-state index contributed by atoms with van der Waals surface area (Å²) in [5.41, 5.74) is 2.65. The van der Waals surface area contributed by atoms with E-state index in [0.717, 1.165) is 6.42 Å². The Labute approximate surface area is 89.9 Å². The van der Waals surface area contributed by atoms with Crippen molar-refractivity contribution in [2.75, 3.05) is 0 Å². The van der Waals surface area contributed by atoms with Crippen LogP contribution in [-0.4, -0.2) is 0 Å². The normalized spacial score (nSPS) is 13.4. The third kappa shape index (κ3) is 5.55. The molecule has 10 heavy (non-hydrogen) atoms. The number of rotatable bonds is 0. The minimum absolute atomic E-state index is 0. The summed E-state index contributed by atoms with van der Waals surface area (Å²) in [6.07, 6.45) is 6.50. The minimum atomic E-state index is 0. The molecule has 1 rings (SSSR count). The molecule has 3 heteroatoms. The molecule has 0 saturated carbocycles. The third-order valence-corrected chi connectivity index (χ3v) is 1.12. The second kappa shape index (κ2) is 7.88. The SMILES string of the molecule is CC1=[C-]C(C)=CC1.[Cl-].[Cl-].[Ti+3]. The van der Waals surface area contributed by atoms with E-state index in [2.05, 4.69) is 26.0 Å². The third-order valence-electron chi connectivity index (χ3n) is 1.12. The van der Waals surface area contributed by atoms with Crippen molar-refractivity contribution in [3.8, 4) is 0 Å². The molecule has 1 radical (unpaired) electrons. The Morgan fingerprint density at radius 1 is 1.30 bits per heavy atom. The molecule has 0 aromatic rings. The van der Waals surface area contributed by atoms with Gasteiger partial charge in [0.1, 0.15) is 0 Å². The van der Waals surface area contributed by atoms with Crippen molar-refractivity contribution in [3.05, 3.63) is 23.3 Å². The first-order chi connectivity index (χ1) is 3.29. The van der Waals surface area contributed by atoms with Crippen LogP contribution in [0.1, 0.15) is 20.3 Å². The van der Waals surface area contributed by atoms with Crippen LogP contribution in [-0.2, 0) is 21.7 Å². The van der Waals surface area contributed by atoms with Gasteiger partial charge in [-0.25, -0.2) is 11.6 Å². The van der Waals surface area contributed by atoms with Gasteiger partial charge in [-0.2, -0.15) is 5.57 Å².